The lowest BCUT2D eigenvalue weighted by molar-refractivity contribution is -0.0583. The number of halogens is 3. The first-order valence-electron chi connectivity index (χ1n) is 8.86. The number of hydrogen-bond donors (Lipinski definition) is 3. The zero-order valence-corrected chi connectivity index (χ0v) is 17.0. The highest BCUT2D eigenvalue weighted by molar-refractivity contribution is 7.97. The number of aromatic nitrogens is 4. The zero-order chi connectivity index (χ0) is 21.4. The number of nitrogens with one attached hydrogen (secondary N) is 2. The number of anilines is 1. The van der Waals surface area contributed by atoms with Gasteiger partial charge in [0.25, 0.3) is 0 Å². The Morgan fingerprint density at radius 3 is 2.72 bits per heavy atom. The van der Waals surface area contributed by atoms with Gasteiger partial charge in [-0.1, -0.05) is 0 Å². The summed E-state index contributed by atoms with van der Waals surface area (Å²) < 4.78 is 37.0. The lowest BCUT2D eigenvalue weighted by Crippen LogP contribution is -2.43. The largest absolute Gasteiger partial charge is 0.432 e. The van der Waals surface area contributed by atoms with Crippen LogP contribution >= 0.6 is 11.8 Å². The maximum atomic E-state index is 12.3. The number of alkyl halides is 3. The number of piperidine rings is 1. The number of allylic oxidation sites excluding steroid dienone is 1. The van der Waals surface area contributed by atoms with E-state index in [1.807, 2.05) is 12.5 Å². The minimum atomic E-state index is -4.68. The molecule has 0 amide bonds. The number of aromatic amines is 1. The Balaban J connectivity index is 0.000000941. The van der Waals surface area contributed by atoms with Crippen LogP contribution in [-0.2, 0) is 0 Å². The van der Waals surface area contributed by atoms with Crippen molar-refractivity contribution in [3.63, 3.8) is 0 Å². The Hall–Kier alpha value is -2.40. The van der Waals surface area contributed by atoms with Crippen LogP contribution in [0.15, 0.2) is 24.7 Å². The van der Waals surface area contributed by atoms with Gasteiger partial charge in [-0.25, -0.2) is 15.0 Å². The smallest absolute Gasteiger partial charge is 0.355 e. The lowest BCUT2D eigenvalue weighted by atomic mass is 10.1. The van der Waals surface area contributed by atoms with Crippen molar-refractivity contribution < 1.29 is 13.2 Å². The van der Waals surface area contributed by atoms with E-state index in [0.29, 0.717) is 24.0 Å². The molecule has 29 heavy (non-hydrogen) atoms. The van der Waals surface area contributed by atoms with Crippen molar-refractivity contribution in [2.75, 3.05) is 30.5 Å². The standard InChI is InChI=1S/C16H18F3N7.C2H6S/c17-16(18,19)13(21)3-4-14-22-7-12(25-14)11-6-15(24-9-23-11)26-5-1-2-10(20)8-26;1-3-2/h3-4,6-7,9-10,21H,1-2,5,8,20H2,(H,22,25);1-2H3/b4-3-,21-13?;. The molecule has 3 rings (SSSR count). The van der Waals surface area contributed by atoms with Crippen molar-refractivity contribution in [3.8, 4) is 11.4 Å². The molecule has 1 saturated heterocycles. The molecule has 3 heterocycles. The van der Waals surface area contributed by atoms with Crippen LogP contribution in [0.25, 0.3) is 17.5 Å². The van der Waals surface area contributed by atoms with E-state index in [1.165, 1.54) is 12.5 Å². The molecular formula is C18H24F3N7S. The third kappa shape index (κ3) is 6.86. The SMILES string of the molecule is CSC.N=C(/C=C\c1ncc(-c2cc(N3CCCC(N)C3)ncn2)[nH]1)C(F)(F)F. The van der Waals surface area contributed by atoms with Crippen LogP contribution < -0.4 is 10.6 Å². The van der Waals surface area contributed by atoms with Gasteiger partial charge in [-0.2, -0.15) is 24.9 Å². The first-order valence-corrected chi connectivity index (χ1v) is 10.5. The summed E-state index contributed by atoms with van der Waals surface area (Å²) in [6.45, 7) is 1.58. The molecule has 0 bridgehead atoms. The van der Waals surface area contributed by atoms with Crippen LogP contribution in [0.3, 0.4) is 0 Å². The second kappa shape index (κ2) is 10.4. The molecular weight excluding hydrogens is 403 g/mol. The maximum absolute atomic E-state index is 12.3. The van der Waals surface area contributed by atoms with E-state index in [4.69, 9.17) is 11.1 Å². The second-order valence-electron chi connectivity index (χ2n) is 6.44. The average molecular weight is 428 g/mol. The molecule has 0 aliphatic carbocycles. The monoisotopic (exact) mass is 427 g/mol. The van der Waals surface area contributed by atoms with Gasteiger partial charge in [-0.3, -0.25) is 5.41 Å². The van der Waals surface area contributed by atoms with Gasteiger partial charge in [0.05, 0.1) is 17.6 Å². The van der Waals surface area contributed by atoms with Gasteiger partial charge in [0.2, 0.25) is 0 Å². The highest BCUT2D eigenvalue weighted by Crippen LogP contribution is 2.22. The molecule has 1 aliphatic rings. The number of thioether (sulfide) groups is 1. The Morgan fingerprint density at radius 1 is 1.34 bits per heavy atom. The number of nitrogens with two attached hydrogens (primary N) is 1. The predicted octanol–water partition coefficient (Wildman–Crippen LogP) is 3.37. The van der Waals surface area contributed by atoms with E-state index in [0.717, 1.165) is 31.3 Å². The minimum absolute atomic E-state index is 0.106. The van der Waals surface area contributed by atoms with E-state index in [-0.39, 0.29) is 11.9 Å². The van der Waals surface area contributed by atoms with Crippen LogP contribution in [0.4, 0.5) is 19.0 Å². The van der Waals surface area contributed by atoms with E-state index >= 15 is 0 Å². The Bertz CT molecular complexity index is 835. The van der Waals surface area contributed by atoms with Crippen molar-refractivity contribution in [3.05, 3.63) is 30.5 Å². The lowest BCUT2D eigenvalue weighted by Gasteiger charge is -2.31. The normalized spacial score (nSPS) is 17.2. The fraction of sp³-hybridized carbons (Fsp3) is 0.444. The fourth-order valence-corrected chi connectivity index (χ4v) is 2.69. The van der Waals surface area contributed by atoms with Crippen molar-refractivity contribution in [1.82, 2.24) is 19.9 Å². The molecule has 7 nitrogen and oxygen atoms in total. The third-order valence-corrected chi connectivity index (χ3v) is 4.02. The maximum Gasteiger partial charge on any atom is 0.432 e. The molecule has 1 aliphatic heterocycles. The first-order chi connectivity index (χ1) is 13.7. The molecule has 0 spiro atoms. The summed E-state index contributed by atoms with van der Waals surface area (Å²) in [6, 6.07) is 1.89. The molecule has 2 aromatic rings. The van der Waals surface area contributed by atoms with Gasteiger partial charge in [-0.05, 0) is 37.5 Å². The molecule has 2 aromatic heterocycles. The van der Waals surface area contributed by atoms with Crippen LogP contribution in [-0.4, -0.2) is 63.5 Å². The number of hydrogen-bond acceptors (Lipinski definition) is 7. The van der Waals surface area contributed by atoms with Gasteiger partial charge in [-0.15, -0.1) is 0 Å². The number of H-pyrrole nitrogens is 1. The highest BCUT2D eigenvalue weighted by Gasteiger charge is 2.32. The number of nitrogens with zero attached hydrogens (tertiary/aromatic N) is 4. The fourth-order valence-electron chi connectivity index (χ4n) is 2.69. The average Bonchev–Trinajstić information content (AvgIpc) is 3.15. The highest BCUT2D eigenvalue weighted by atomic mass is 32.2. The van der Waals surface area contributed by atoms with E-state index < -0.39 is 11.9 Å². The van der Waals surface area contributed by atoms with E-state index in [2.05, 4.69) is 24.8 Å². The number of imidazole rings is 1. The molecule has 158 valence electrons. The van der Waals surface area contributed by atoms with Crippen molar-refractivity contribution in [1.29, 1.82) is 5.41 Å². The van der Waals surface area contributed by atoms with Gasteiger partial charge in [0.15, 0.2) is 0 Å². The van der Waals surface area contributed by atoms with Crippen molar-refractivity contribution in [2.24, 2.45) is 5.73 Å². The van der Waals surface area contributed by atoms with Crippen LogP contribution in [0.5, 0.6) is 0 Å². The van der Waals surface area contributed by atoms with Crippen molar-refractivity contribution in [2.45, 2.75) is 25.1 Å². The zero-order valence-electron chi connectivity index (χ0n) is 16.2. The molecule has 1 atom stereocenters. The molecule has 0 aromatic carbocycles. The van der Waals surface area contributed by atoms with Gasteiger partial charge < -0.3 is 15.6 Å². The van der Waals surface area contributed by atoms with Gasteiger partial charge >= 0.3 is 6.18 Å². The first kappa shape index (κ1) is 22.9. The molecule has 11 heteroatoms. The molecule has 0 saturated carbocycles. The molecule has 4 N–H and O–H groups in total. The summed E-state index contributed by atoms with van der Waals surface area (Å²) in [5.41, 5.74) is 5.68. The predicted molar refractivity (Wildman–Crippen MR) is 111 cm³/mol. The Labute approximate surface area is 171 Å². The summed E-state index contributed by atoms with van der Waals surface area (Å²) >= 11 is 1.75. The van der Waals surface area contributed by atoms with Crippen LogP contribution in [0.2, 0.25) is 0 Å². The second-order valence-corrected chi connectivity index (χ2v) is 7.26. The topological polar surface area (TPSA) is 108 Å². The molecule has 1 unspecified atom stereocenters. The van der Waals surface area contributed by atoms with Crippen LogP contribution in [0.1, 0.15) is 18.7 Å². The summed E-state index contributed by atoms with van der Waals surface area (Å²) in [5.74, 6) is 0.949. The summed E-state index contributed by atoms with van der Waals surface area (Å²) in [6.07, 6.45) is 6.05. The quantitative estimate of drug-likeness (QED) is 0.646. The van der Waals surface area contributed by atoms with Crippen LogP contribution in [0, 0.1) is 5.41 Å². The molecule has 1 fully saturated rings. The Kier molecular flexibility index (Phi) is 8.21. The minimum Gasteiger partial charge on any atom is -0.355 e. The number of rotatable bonds is 4. The Morgan fingerprint density at radius 2 is 2.07 bits per heavy atom. The van der Waals surface area contributed by atoms with Gasteiger partial charge in [0.1, 0.15) is 23.7 Å². The summed E-state index contributed by atoms with van der Waals surface area (Å²) in [5, 5.41) is 6.93. The van der Waals surface area contributed by atoms with Crippen molar-refractivity contribution >= 4 is 29.4 Å². The van der Waals surface area contributed by atoms with E-state index in [1.54, 1.807) is 17.8 Å². The van der Waals surface area contributed by atoms with Gasteiger partial charge in [0, 0.05) is 25.2 Å². The summed E-state index contributed by atoms with van der Waals surface area (Å²) in [4.78, 5) is 17.4. The summed E-state index contributed by atoms with van der Waals surface area (Å²) in [7, 11) is 0. The third-order valence-electron chi connectivity index (χ3n) is 4.02. The molecule has 0 radical (unpaired) electrons. The van der Waals surface area contributed by atoms with E-state index in [9.17, 15) is 13.2 Å².